The second-order valence-corrected chi connectivity index (χ2v) is 1.42. The highest BCUT2D eigenvalue weighted by atomic mass is 14.2. The molecule has 0 aromatic heterocycles. The van der Waals surface area contributed by atoms with Gasteiger partial charge in [0, 0.05) is 5.57 Å². The third-order valence-corrected chi connectivity index (χ3v) is 0.856. The summed E-state index contributed by atoms with van der Waals surface area (Å²) in [5, 5.41) is 8.29. The zero-order chi connectivity index (χ0) is 6.41. The van der Waals surface area contributed by atoms with Crippen molar-refractivity contribution in [2.24, 2.45) is 0 Å². The number of hydrogen-bond donors (Lipinski definition) is 0. The average Bonchev–Trinajstić information content (AvgIpc) is 1.83. The molecule has 1 nitrogen and oxygen atoms in total. The molecule has 0 amide bonds. The van der Waals surface area contributed by atoms with Gasteiger partial charge in [-0.2, -0.15) is 5.26 Å². The first-order valence-electron chi connectivity index (χ1n) is 2.51. The molecule has 0 N–H and O–H groups in total. The Morgan fingerprint density at radius 3 is 2.62 bits per heavy atom. The van der Waals surface area contributed by atoms with E-state index in [1.54, 1.807) is 12.2 Å². The topological polar surface area (TPSA) is 23.8 Å². The van der Waals surface area contributed by atoms with Gasteiger partial charge in [0.15, 0.2) is 0 Å². The van der Waals surface area contributed by atoms with E-state index in [0.29, 0.717) is 6.42 Å². The van der Waals surface area contributed by atoms with Crippen LogP contribution in [0.5, 0.6) is 0 Å². The van der Waals surface area contributed by atoms with Crippen LogP contribution in [0.2, 0.25) is 0 Å². The lowest BCUT2D eigenvalue weighted by Gasteiger charge is -1.83. The van der Waals surface area contributed by atoms with Gasteiger partial charge < -0.3 is 0 Å². The molecule has 0 aromatic carbocycles. The minimum Gasteiger partial charge on any atom is -0.193 e. The monoisotopic (exact) mass is 107 g/mol. The van der Waals surface area contributed by atoms with Crippen molar-refractivity contribution in [2.75, 3.05) is 0 Å². The molecule has 0 bridgehead atoms. The number of nitrogens with zero attached hydrogens (tertiary/aromatic N) is 1. The summed E-state index contributed by atoms with van der Waals surface area (Å²) in [6.45, 7) is 5.35. The summed E-state index contributed by atoms with van der Waals surface area (Å²) >= 11 is 0. The average molecular weight is 107 g/mol. The van der Waals surface area contributed by atoms with E-state index in [-0.39, 0.29) is 0 Å². The third kappa shape index (κ3) is 2.20. The van der Waals surface area contributed by atoms with Crippen molar-refractivity contribution in [3.8, 4) is 6.07 Å². The fourth-order valence-electron chi connectivity index (χ4n) is 0.384. The van der Waals surface area contributed by atoms with Crippen LogP contribution in [-0.2, 0) is 0 Å². The normalized spacial score (nSPS) is 10.2. The smallest absolute Gasteiger partial charge is 0.0946 e. The summed E-state index contributed by atoms with van der Waals surface area (Å²) in [6, 6.07) is 2.04. The molecular formula is C7H9N. The molecule has 0 saturated heterocycles. The maximum absolute atomic E-state index is 8.29. The van der Waals surface area contributed by atoms with E-state index < -0.39 is 0 Å². The second-order valence-electron chi connectivity index (χ2n) is 1.42. The number of rotatable bonds is 2. The molecule has 0 radical (unpaired) electrons. The molecule has 8 heavy (non-hydrogen) atoms. The molecule has 0 heterocycles. The first-order chi connectivity index (χ1) is 3.85. The highest BCUT2D eigenvalue weighted by Crippen LogP contribution is 1.97. The van der Waals surface area contributed by atoms with Crippen LogP contribution in [0.1, 0.15) is 13.3 Å². The van der Waals surface area contributed by atoms with Gasteiger partial charge in [0.05, 0.1) is 6.07 Å². The lowest BCUT2D eigenvalue weighted by Crippen LogP contribution is -1.70. The van der Waals surface area contributed by atoms with Gasteiger partial charge in [0.2, 0.25) is 0 Å². The number of nitriles is 1. The van der Waals surface area contributed by atoms with Crippen molar-refractivity contribution in [2.45, 2.75) is 13.3 Å². The van der Waals surface area contributed by atoms with E-state index >= 15 is 0 Å². The van der Waals surface area contributed by atoms with Crippen molar-refractivity contribution >= 4 is 0 Å². The van der Waals surface area contributed by atoms with Crippen molar-refractivity contribution in [1.82, 2.24) is 0 Å². The van der Waals surface area contributed by atoms with Gasteiger partial charge in [-0.25, -0.2) is 0 Å². The number of allylic oxidation sites excluding steroid dienone is 3. The van der Waals surface area contributed by atoms with Gasteiger partial charge >= 0.3 is 0 Å². The van der Waals surface area contributed by atoms with E-state index in [4.69, 9.17) is 5.26 Å². The number of hydrogen-bond acceptors (Lipinski definition) is 1. The minimum atomic E-state index is 0.688. The van der Waals surface area contributed by atoms with Crippen molar-refractivity contribution in [1.29, 1.82) is 5.26 Å². The predicted molar refractivity (Wildman–Crippen MR) is 34.2 cm³/mol. The van der Waals surface area contributed by atoms with Crippen LogP contribution in [0, 0.1) is 11.3 Å². The van der Waals surface area contributed by atoms with Gasteiger partial charge in [-0.05, 0) is 13.3 Å². The van der Waals surface area contributed by atoms with E-state index in [1.165, 1.54) is 0 Å². The van der Waals surface area contributed by atoms with E-state index in [1.807, 2.05) is 13.0 Å². The first-order valence-corrected chi connectivity index (χ1v) is 2.51. The highest BCUT2D eigenvalue weighted by molar-refractivity contribution is 5.21. The lowest BCUT2D eigenvalue weighted by molar-refractivity contribution is 1.27. The van der Waals surface area contributed by atoms with E-state index in [2.05, 4.69) is 6.58 Å². The Hall–Kier alpha value is -1.03. The molecular weight excluding hydrogens is 98.1 g/mol. The summed E-state index contributed by atoms with van der Waals surface area (Å²) in [5.74, 6) is 0. The van der Waals surface area contributed by atoms with Crippen molar-refractivity contribution in [3.05, 3.63) is 24.3 Å². The highest BCUT2D eigenvalue weighted by Gasteiger charge is 1.84. The molecule has 42 valence electrons. The fourth-order valence-corrected chi connectivity index (χ4v) is 0.384. The Labute approximate surface area is 49.9 Å². The molecule has 0 aliphatic carbocycles. The largest absolute Gasteiger partial charge is 0.193 e. The summed E-state index contributed by atoms with van der Waals surface area (Å²) in [6.07, 6.45) is 4.20. The summed E-state index contributed by atoms with van der Waals surface area (Å²) in [5.41, 5.74) is 0.778. The Morgan fingerprint density at radius 1 is 1.88 bits per heavy atom. The van der Waals surface area contributed by atoms with Crippen LogP contribution in [0.25, 0.3) is 0 Å². The van der Waals surface area contributed by atoms with Gasteiger partial charge in [-0.3, -0.25) is 0 Å². The standard InChI is InChI=1S/C7H9N/c1-3-5-7(4-2)6-8/h3-4H,1,5H2,2H3. The van der Waals surface area contributed by atoms with Gasteiger partial charge in [-0.15, -0.1) is 6.58 Å². The van der Waals surface area contributed by atoms with Crippen molar-refractivity contribution < 1.29 is 0 Å². The van der Waals surface area contributed by atoms with Crippen LogP contribution >= 0.6 is 0 Å². The quantitative estimate of drug-likeness (QED) is 0.391. The summed E-state index contributed by atoms with van der Waals surface area (Å²) in [4.78, 5) is 0. The fraction of sp³-hybridized carbons (Fsp3) is 0.286. The van der Waals surface area contributed by atoms with Crippen LogP contribution in [0.4, 0.5) is 0 Å². The zero-order valence-corrected chi connectivity index (χ0v) is 5.02. The molecule has 0 atom stereocenters. The Morgan fingerprint density at radius 2 is 2.50 bits per heavy atom. The Bertz CT molecular complexity index is 137. The zero-order valence-electron chi connectivity index (χ0n) is 5.02. The molecule has 0 fully saturated rings. The molecule has 0 spiro atoms. The molecule has 0 aliphatic rings. The first kappa shape index (κ1) is 6.97. The third-order valence-electron chi connectivity index (χ3n) is 0.856. The maximum Gasteiger partial charge on any atom is 0.0946 e. The van der Waals surface area contributed by atoms with Crippen LogP contribution in [0.3, 0.4) is 0 Å². The van der Waals surface area contributed by atoms with Gasteiger partial charge in [-0.1, -0.05) is 12.2 Å². The van der Waals surface area contributed by atoms with Crippen molar-refractivity contribution in [3.63, 3.8) is 0 Å². The molecule has 0 aliphatic heterocycles. The summed E-state index contributed by atoms with van der Waals surface area (Å²) in [7, 11) is 0. The minimum absolute atomic E-state index is 0.688. The molecule has 0 aromatic rings. The summed E-state index contributed by atoms with van der Waals surface area (Å²) < 4.78 is 0. The van der Waals surface area contributed by atoms with Gasteiger partial charge in [0.25, 0.3) is 0 Å². The van der Waals surface area contributed by atoms with Crippen LogP contribution in [-0.4, -0.2) is 0 Å². The molecule has 1 heteroatoms. The van der Waals surface area contributed by atoms with Crippen LogP contribution < -0.4 is 0 Å². The second kappa shape index (κ2) is 4.14. The predicted octanol–water partition coefficient (Wildman–Crippen LogP) is 2.03. The van der Waals surface area contributed by atoms with Crippen LogP contribution in [0.15, 0.2) is 24.3 Å². The molecule has 0 unspecified atom stereocenters. The maximum atomic E-state index is 8.29. The van der Waals surface area contributed by atoms with Gasteiger partial charge in [0.1, 0.15) is 0 Å². The SMILES string of the molecule is C=CCC(C#N)=CC. The Balaban J connectivity index is 3.77. The Kier molecular flexibility index (Phi) is 3.60. The van der Waals surface area contributed by atoms with E-state index in [0.717, 1.165) is 5.57 Å². The van der Waals surface area contributed by atoms with E-state index in [9.17, 15) is 0 Å². The molecule has 0 saturated carbocycles. The molecule has 0 rings (SSSR count). The lowest BCUT2D eigenvalue weighted by atomic mass is 10.2.